The van der Waals surface area contributed by atoms with Crippen LogP contribution in [-0.4, -0.2) is 47.4 Å². The molecule has 2 N–H and O–H groups in total. The molecule has 8 heteroatoms. The van der Waals surface area contributed by atoms with E-state index in [2.05, 4.69) is 5.32 Å². The monoisotopic (exact) mass is 372 g/mol. The molecule has 2 amide bonds. The summed E-state index contributed by atoms with van der Waals surface area (Å²) in [6, 6.07) is 3.65. The van der Waals surface area contributed by atoms with Crippen molar-refractivity contribution in [2.75, 3.05) is 13.6 Å². The molecule has 0 saturated carbocycles. The molecule has 0 spiro atoms. The first-order valence-electron chi connectivity index (χ1n) is 7.48. The van der Waals surface area contributed by atoms with Crippen molar-refractivity contribution in [3.63, 3.8) is 0 Å². The number of hydrogen-bond donors (Lipinski definition) is 2. The van der Waals surface area contributed by atoms with Crippen LogP contribution in [0.25, 0.3) is 0 Å². The lowest BCUT2D eigenvalue weighted by molar-refractivity contribution is -0.144. The quantitative estimate of drug-likeness (QED) is 0.826. The van der Waals surface area contributed by atoms with Gasteiger partial charge in [0, 0.05) is 42.4 Å². The van der Waals surface area contributed by atoms with E-state index in [1.54, 1.807) is 30.1 Å². The number of likely N-dealkylation sites (tertiary alicyclic amines) is 1. The highest BCUT2D eigenvalue weighted by Crippen LogP contribution is 2.21. The number of halogens is 2. The predicted octanol–water partition coefficient (Wildman–Crippen LogP) is 1.97. The Bertz CT molecular complexity index is 645. The summed E-state index contributed by atoms with van der Waals surface area (Å²) in [5, 5.41) is 12.7. The van der Waals surface area contributed by atoms with Crippen LogP contribution in [0.5, 0.6) is 0 Å². The van der Waals surface area contributed by atoms with Crippen molar-refractivity contribution in [3.05, 3.63) is 33.8 Å². The topological polar surface area (TPSA) is 86.7 Å². The van der Waals surface area contributed by atoms with Gasteiger partial charge in [-0.15, -0.1) is 0 Å². The van der Waals surface area contributed by atoms with Gasteiger partial charge in [-0.2, -0.15) is 0 Å². The van der Waals surface area contributed by atoms with Crippen molar-refractivity contribution >= 4 is 41.0 Å². The van der Waals surface area contributed by atoms with Crippen LogP contribution >= 0.6 is 23.2 Å². The minimum Gasteiger partial charge on any atom is -0.480 e. The van der Waals surface area contributed by atoms with Gasteiger partial charge < -0.3 is 15.3 Å². The number of nitrogens with zero attached hydrogens (tertiary/aromatic N) is 1. The van der Waals surface area contributed by atoms with E-state index < -0.39 is 23.8 Å². The molecule has 24 heavy (non-hydrogen) atoms. The van der Waals surface area contributed by atoms with Crippen molar-refractivity contribution in [1.29, 1.82) is 0 Å². The molecular weight excluding hydrogens is 355 g/mol. The average Bonchev–Trinajstić information content (AvgIpc) is 2.48. The molecule has 0 bridgehead atoms. The highest BCUT2D eigenvalue weighted by molar-refractivity contribution is 6.34. The Labute approximate surface area is 149 Å². The molecule has 6 nitrogen and oxygen atoms in total. The summed E-state index contributed by atoms with van der Waals surface area (Å²) in [7, 11) is 1.68. The Morgan fingerprint density at radius 3 is 2.50 bits per heavy atom. The fourth-order valence-corrected chi connectivity index (χ4v) is 3.19. The van der Waals surface area contributed by atoms with Crippen LogP contribution in [0.4, 0.5) is 0 Å². The molecule has 2 unspecified atom stereocenters. The molecule has 0 aromatic heterocycles. The lowest BCUT2D eigenvalue weighted by Gasteiger charge is -2.28. The zero-order valence-electron chi connectivity index (χ0n) is 13.1. The largest absolute Gasteiger partial charge is 0.480 e. The minimum absolute atomic E-state index is 0.0575. The maximum atomic E-state index is 12.3. The molecule has 0 radical (unpaired) electrons. The van der Waals surface area contributed by atoms with Crippen molar-refractivity contribution in [1.82, 2.24) is 10.2 Å². The number of carboxylic acid groups (broad SMARTS) is 1. The van der Waals surface area contributed by atoms with Gasteiger partial charge in [-0.3, -0.25) is 9.59 Å². The molecule has 1 aliphatic heterocycles. The Morgan fingerprint density at radius 1 is 1.33 bits per heavy atom. The summed E-state index contributed by atoms with van der Waals surface area (Å²) in [6.07, 6.45) is 0.670. The van der Waals surface area contributed by atoms with Crippen LogP contribution in [0.15, 0.2) is 18.2 Å². The third-order valence-corrected chi connectivity index (χ3v) is 4.44. The predicted molar refractivity (Wildman–Crippen MR) is 90.1 cm³/mol. The van der Waals surface area contributed by atoms with E-state index in [-0.39, 0.29) is 18.7 Å². The Hall–Kier alpha value is -1.79. The number of nitrogens with one attached hydrogen (secondary N) is 1. The van der Waals surface area contributed by atoms with Gasteiger partial charge in [0.2, 0.25) is 11.8 Å². The Morgan fingerprint density at radius 2 is 1.96 bits per heavy atom. The second kappa shape index (κ2) is 7.85. The molecule has 1 aliphatic rings. The molecule has 130 valence electrons. The number of hydrogen-bond acceptors (Lipinski definition) is 3. The van der Waals surface area contributed by atoms with Crippen molar-refractivity contribution in [2.45, 2.75) is 25.3 Å². The number of piperidine rings is 1. The molecule has 1 aromatic carbocycles. The smallest absolute Gasteiger partial charge is 0.326 e. The highest BCUT2D eigenvalue weighted by atomic mass is 35.5. The Balaban J connectivity index is 2.04. The Kier molecular flexibility index (Phi) is 6.07. The van der Waals surface area contributed by atoms with E-state index in [0.29, 0.717) is 28.6 Å². The van der Waals surface area contributed by atoms with Crippen LogP contribution in [-0.2, 0) is 20.8 Å². The van der Waals surface area contributed by atoms with Gasteiger partial charge in [0.05, 0.1) is 0 Å². The summed E-state index contributed by atoms with van der Waals surface area (Å²) in [5.41, 5.74) is 0.611. The van der Waals surface area contributed by atoms with E-state index in [0.717, 1.165) is 0 Å². The number of rotatable bonds is 5. The summed E-state index contributed by atoms with van der Waals surface area (Å²) in [4.78, 5) is 37.0. The van der Waals surface area contributed by atoms with Crippen LogP contribution in [0.2, 0.25) is 10.0 Å². The highest BCUT2D eigenvalue weighted by Gasteiger charge is 2.31. The fourth-order valence-electron chi connectivity index (χ4n) is 2.62. The average molecular weight is 373 g/mol. The van der Waals surface area contributed by atoms with Gasteiger partial charge in [0.15, 0.2) is 0 Å². The van der Waals surface area contributed by atoms with Gasteiger partial charge in [-0.25, -0.2) is 4.79 Å². The van der Waals surface area contributed by atoms with Gasteiger partial charge in [0.1, 0.15) is 6.04 Å². The van der Waals surface area contributed by atoms with E-state index in [9.17, 15) is 19.5 Å². The number of aliphatic carboxylic acids is 1. The molecule has 0 aliphatic carbocycles. The molecule has 2 rings (SSSR count). The first-order valence-corrected chi connectivity index (χ1v) is 8.24. The van der Waals surface area contributed by atoms with Crippen LogP contribution in [0.3, 0.4) is 0 Å². The second-order valence-electron chi connectivity index (χ2n) is 5.89. The summed E-state index contributed by atoms with van der Waals surface area (Å²) in [5.74, 6) is -2.19. The van der Waals surface area contributed by atoms with E-state index >= 15 is 0 Å². The molecule has 1 saturated heterocycles. The first-order chi connectivity index (χ1) is 11.3. The zero-order valence-corrected chi connectivity index (χ0v) is 14.6. The number of carboxylic acids is 1. The molecule has 2 atom stereocenters. The van der Waals surface area contributed by atoms with Crippen molar-refractivity contribution in [2.24, 2.45) is 5.92 Å². The zero-order chi connectivity index (χ0) is 17.9. The fraction of sp³-hybridized carbons (Fsp3) is 0.438. The van der Waals surface area contributed by atoms with E-state index in [1.165, 1.54) is 0 Å². The molecule has 1 fully saturated rings. The summed E-state index contributed by atoms with van der Waals surface area (Å²) in [6.45, 7) is 0.485. The number of carbonyl (C=O) groups is 3. The van der Waals surface area contributed by atoms with Crippen LogP contribution in [0.1, 0.15) is 18.4 Å². The SMILES string of the molecule is CN1CCC(C(=O)NC(Cc2cc(Cl)cc(Cl)c2)C(=O)O)CC1=O. The first kappa shape index (κ1) is 18.5. The summed E-state index contributed by atoms with van der Waals surface area (Å²) < 4.78 is 0. The van der Waals surface area contributed by atoms with Gasteiger partial charge in [-0.05, 0) is 30.2 Å². The maximum Gasteiger partial charge on any atom is 0.326 e. The van der Waals surface area contributed by atoms with Crippen molar-refractivity contribution < 1.29 is 19.5 Å². The third kappa shape index (κ3) is 4.85. The number of amides is 2. The second-order valence-corrected chi connectivity index (χ2v) is 6.76. The minimum atomic E-state index is -1.15. The maximum absolute atomic E-state index is 12.3. The molecule has 1 aromatic rings. The third-order valence-electron chi connectivity index (χ3n) is 4.01. The van der Waals surface area contributed by atoms with Gasteiger partial charge in [0.25, 0.3) is 0 Å². The normalized spacial score (nSPS) is 19.0. The standard InChI is InChI=1S/C16H18Cl2N2O4/c1-20-3-2-10(7-14(20)21)15(22)19-13(16(23)24)6-9-4-11(17)8-12(18)5-9/h4-5,8,10,13H,2-3,6-7H2,1H3,(H,19,22)(H,23,24). The van der Waals surface area contributed by atoms with Crippen LogP contribution < -0.4 is 5.32 Å². The van der Waals surface area contributed by atoms with Crippen LogP contribution in [0, 0.1) is 5.92 Å². The lowest BCUT2D eigenvalue weighted by atomic mass is 9.95. The molecular formula is C16H18Cl2N2O4. The van der Waals surface area contributed by atoms with E-state index in [1.807, 2.05) is 0 Å². The van der Waals surface area contributed by atoms with Gasteiger partial charge in [-0.1, -0.05) is 23.2 Å². The number of carbonyl (C=O) groups excluding carboxylic acids is 2. The summed E-state index contributed by atoms with van der Waals surface area (Å²) >= 11 is 11.8. The van der Waals surface area contributed by atoms with E-state index in [4.69, 9.17) is 23.2 Å². The lowest BCUT2D eigenvalue weighted by Crippen LogP contribution is -2.48. The number of benzene rings is 1. The molecule has 1 heterocycles. The van der Waals surface area contributed by atoms with Crippen molar-refractivity contribution in [3.8, 4) is 0 Å². The van der Waals surface area contributed by atoms with Gasteiger partial charge >= 0.3 is 5.97 Å².